The lowest BCUT2D eigenvalue weighted by molar-refractivity contribution is -0.138. The summed E-state index contributed by atoms with van der Waals surface area (Å²) in [4.78, 5) is 0. The fourth-order valence-electron chi connectivity index (χ4n) is 1.81. The lowest BCUT2D eigenvalue weighted by Gasteiger charge is -2.14. The second-order valence-corrected chi connectivity index (χ2v) is 4.20. The van der Waals surface area contributed by atoms with Gasteiger partial charge in [-0.05, 0) is 24.6 Å². The van der Waals surface area contributed by atoms with Crippen molar-refractivity contribution in [3.8, 4) is 5.75 Å². The van der Waals surface area contributed by atoms with Crippen LogP contribution in [-0.4, -0.2) is 0 Å². The molecule has 0 unspecified atom stereocenters. The molecule has 0 N–H and O–H groups in total. The molecule has 0 aromatic heterocycles. The number of hydrogen-bond donors (Lipinski definition) is 0. The van der Waals surface area contributed by atoms with E-state index in [2.05, 4.69) is 0 Å². The molecule has 4 heteroatoms. The molecular formula is C15H13F3O. The third-order valence-electron chi connectivity index (χ3n) is 2.83. The van der Waals surface area contributed by atoms with Gasteiger partial charge in [0, 0.05) is 5.56 Å². The molecule has 0 heterocycles. The molecule has 0 radical (unpaired) electrons. The third kappa shape index (κ3) is 3.28. The van der Waals surface area contributed by atoms with Gasteiger partial charge in [0.25, 0.3) is 0 Å². The van der Waals surface area contributed by atoms with Crippen LogP contribution in [0.4, 0.5) is 13.2 Å². The zero-order chi connectivity index (χ0) is 13.9. The van der Waals surface area contributed by atoms with Crippen molar-refractivity contribution in [1.29, 1.82) is 0 Å². The predicted octanol–water partition coefficient (Wildman–Crippen LogP) is 4.59. The van der Waals surface area contributed by atoms with Crippen LogP contribution in [0.2, 0.25) is 0 Å². The van der Waals surface area contributed by atoms with Crippen LogP contribution >= 0.6 is 0 Å². The normalized spacial score (nSPS) is 11.4. The Hall–Kier alpha value is -1.97. The van der Waals surface area contributed by atoms with Crippen LogP contribution in [0.3, 0.4) is 0 Å². The first kappa shape index (κ1) is 13.5. The van der Waals surface area contributed by atoms with Crippen molar-refractivity contribution in [3.05, 3.63) is 65.2 Å². The quantitative estimate of drug-likeness (QED) is 0.789. The van der Waals surface area contributed by atoms with Crippen molar-refractivity contribution in [2.24, 2.45) is 0 Å². The van der Waals surface area contributed by atoms with Crippen molar-refractivity contribution in [3.63, 3.8) is 0 Å². The molecule has 0 saturated carbocycles. The minimum absolute atomic E-state index is 0.117. The van der Waals surface area contributed by atoms with E-state index in [4.69, 9.17) is 4.74 Å². The minimum Gasteiger partial charge on any atom is -0.489 e. The molecule has 0 aliphatic heterocycles. The maximum atomic E-state index is 12.7. The van der Waals surface area contributed by atoms with Crippen LogP contribution in [0.15, 0.2) is 48.5 Å². The summed E-state index contributed by atoms with van der Waals surface area (Å²) in [7, 11) is 0. The maximum Gasteiger partial charge on any atom is 0.416 e. The molecule has 0 fully saturated rings. The molecule has 0 aliphatic carbocycles. The number of halogens is 3. The summed E-state index contributed by atoms with van der Waals surface area (Å²) in [5.41, 5.74) is 0.378. The fraction of sp³-hybridized carbons (Fsp3) is 0.200. The van der Waals surface area contributed by atoms with Gasteiger partial charge in [-0.15, -0.1) is 0 Å². The molecule has 0 amide bonds. The van der Waals surface area contributed by atoms with Crippen LogP contribution in [0.1, 0.15) is 16.7 Å². The molecule has 0 atom stereocenters. The molecular weight excluding hydrogens is 253 g/mol. The highest BCUT2D eigenvalue weighted by atomic mass is 19.4. The highest BCUT2D eigenvalue weighted by molar-refractivity contribution is 5.40. The Kier molecular flexibility index (Phi) is 3.79. The fourth-order valence-corrected chi connectivity index (χ4v) is 1.81. The van der Waals surface area contributed by atoms with Gasteiger partial charge in [-0.25, -0.2) is 0 Å². The van der Waals surface area contributed by atoms with Crippen molar-refractivity contribution < 1.29 is 17.9 Å². The number of alkyl halides is 3. The van der Waals surface area contributed by atoms with Crippen LogP contribution in [0.25, 0.3) is 0 Å². The largest absolute Gasteiger partial charge is 0.489 e. The summed E-state index contributed by atoms with van der Waals surface area (Å²) >= 11 is 0. The van der Waals surface area contributed by atoms with E-state index < -0.39 is 11.7 Å². The van der Waals surface area contributed by atoms with Gasteiger partial charge in [-0.2, -0.15) is 13.2 Å². The topological polar surface area (TPSA) is 9.23 Å². The van der Waals surface area contributed by atoms with Gasteiger partial charge in [0.1, 0.15) is 12.4 Å². The molecule has 0 spiro atoms. The summed E-state index contributed by atoms with van der Waals surface area (Å²) < 4.78 is 43.7. The van der Waals surface area contributed by atoms with E-state index in [0.29, 0.717) is 0 Å². The van der Waals surface area contributed by atoms with E-state index in [1.807, 2.05) is 30.3 Å². The van der Waals surface area contributed by atoms with E-state index in [1.165, 1.54) is 13.0 Å². The second-order valence-electron chi connectivity index (χ2n) is 4.20. The Morgan fingerprint density at radius 2 is 1.63 bits per heavy atom. The van der Waals surface area contributed by atoms with Gasteiger partial charge in [0.15, 0.2) is 0 Å². The number of ether oxygens (including phenoxy) is 1. The van der Waals surface area contributed by atoms with Crippen LogP contribution in [0, 0.1) is 6.92 Å². The van der Waals surface area contributed by atoms with Crippen molar-refractivity contribution >= 4 is 0 Å². The Morgan fingerprint density at radius 3 is 2.26 bits per heavy atom. The zero-order valence-corrected chi connectivity index (χ0v) is 10.4. The average Bonchev–Trinajstić information content (AvgIpc) is 2.37. The summed E-state index contributed by atoms with van der Waals surface area (Å²) in [5, 5.41) is 0. The Bertz CT molecular complexity index is 547. The second kappa shape index (κ2) is 5.34. The zero-order valence-electron chi connectivity index (χ0n) is 10.4. The Balaban J connectivity index is 2.18. The van der Waals surface area contributed by atoms with Crippen molar-refractivity contribution in [2.75, 3.05) is 0 Å². The monoisotopic (exact) mass is 266 g/mol. The molecule has 2 aromatic rings. The van der Waals surface area contributed by atoms with E-state index in [0.717, 1.165) is 11.6 Å². The van der Waals surface area contributed by atoms with E-state index in [-0.39, 0.29) is 17.9 Å². The van der Waals surface area contributed by atoms with Gasteiger partial charge >= 0.3 is 6.18 Å². The highest BCUT2D eigenvalue weighted by Crippen LogP contribution is 2.35. The minimum atomic E-state index is -4.35. The lowest BCUT2D eigenvalue weighted by Crippen LogP contribution is -2.08. The van der Waals surface area contributed by atoms with Gasteiger partial charge in [0.05, 0.1) is 5.56 Å². The van der Waals surface area contributed by atoms with E-state index >= 15 is 0 Å². The first-order valence-electron chi connectivity index (χ1n) is 5.82. The first-order valence-corrected chi connectivity index (χ1v) is 5.82. The van der Waals surface area contributed by atoms with Crippen molar-refractivity contribution in [1.82, 2.24) is 0 Å². The summed E-state index contributed by atoms with van der Waals surface area (Å²) in [6.07, 6.45) is -4.35. The molecule has 0 saturated heterocycles. The standard InChI is InChI=1S/C15H13F3O/c1-11-13(15(16,17)18)8-5-9-14(11)19-10-12-6-3-2-4-7-12/h2-9H,10H2,1H3. The molecule has 0 aliphatic rings. The average molecular weight is 266 g/mol. The summed E-state index contributed by atoms with van der Waals surface area (Å²) in [6.45, 7) is 1.67. The van der Waals surface area contributed by atoms with Gasteiger partial charge < -0.3 is 4.74 Å². The number of hydrogen-bond acceptors (Lipinski definition) is 1. The molecule has 2 rings (SSSR count). The maximum absolute atomic E-state index is 12.7. The molecule has 0 bridgehead atoms. The third-order valence-corrected chi connectivity index (χ3v) is 2.83. The Labute approximate surface area is 109 Å². The molecule has 2 aromatic carbocycles. The SMILES string of the molecule is Cc1c(OCc2ccccc2)cccc1C(F)(F)F. The smallest absolute Gasteiger partial charge is 0.416 e. The van der Waals surface area contributed by atoms with Gasteiger partial charge in [0.2, 0.25) is 0 Å². The van der Waals surface area contributed by atoms with Crippen LogP contribution < -0.4 is 4.74 Å². The van der Waals surface area contributed by atoms with Gasteiger partial charge in [-0.3, -0.25) is 0 Å². The molecule has 100 valence electrons. The Morgan fingerprint density at radius 1 is 0.947 bits per heavy atom. The number of rotatable bonds is 3. The highest BCUT2D eigenvalue weighted by Gasteiger charge is 2.33. The summed E-state index contributed by atoms with van der Waals surface area (Å²) in [6, 6.07) is 13.3. The summed E-state index contributed by atoms with van der Waals surface area (Å²) in [5.74, 6) is 0.263. The predicted molar refractivity (Wildman–Crippen MR) is 67.0 cm³/mol. The van der Waals surface area contributed by atoms with Gasteiger partial charge in [-0.1, -0.05) is 36.4 Å². The first-order chi connectivity index (χ1) is 8.98. The van der Waals surface area contributed by atoms with E-state index in [9.17, 15) is 13.2 Å². The molecule has 19 heavy (non-hydrogen) atoms. The van der Waals surface area contributed by atoms with Crippen LogP contribution in [-0.2, 0) is 12.8 Å². The van der Waals surface area contributed by atoms with Crippen molar-refractivity contribution in [2.45, 2.75) is 19.7 Å². The molecule has 1 nitrogen and oxygen atoms in total. The lowest BCUT2D eigenvalue weighted by atomic mass is 10.1. The number of benzene rings is 2. The van der Waals surface area contributed by atoms with Crippen LogP contribution in [0.5, 0.6) is 5.75 Å². The van der Waals surface area contributed by atoms with E-state index in [1.54, 1.807) is 6.07 Å².